The van der Waals surface area contributed by atoms with Crippen molar-refractivity contribution in [1.29, 1.82) is 0 Å². The van der Waals surface area contributed by atoms with E-state index in [0.717, 1.165) is 0 Å². The summed E-state index contributed by atoms with van der Waals surface area (Å²) in [5.74, 6) is -0.990. The highest BCUT2D eigenvalue weighted by atomic mass is 16.4. The number of hydrogen-bond donors (Lipinski definition) is 4. The smallest absolute Gasteiger partial charge is 0.322 e. The van der Waals surface area contributed by atoms with Crippen LogP contribution in [0.4, 0.5) is 0 Å². The fraction of sp³-hybridized carbons (Fsp3) is 0.500. The Balaban J connectivity index is 2.73. The summed E-state index contributed by atoms with van der Waals surface area (Å²) < 4.78 is 0. The molecule has 0 aromatic rings. The van der Waals surface area contributed by atoms with Gasteiger partial charge in [0.2, 0.25) is 5.91 Å². The molecule has 1 rings (SSSR count). The lowest BCUT2D eigenvalue weighted by Gasteiger charge is -2.33. The Hall–Kier alpha value is -2.24. The molecule has 0 spiro atoms. The summed E-state index contributed by atoms with van der Waals surface area (Å²) in [5.41, 5.74) is 3.68. The molecular weight excluding hydrogens is 266 g/mol. The molecule has 2 atom stereocenters. The van der Waals surface area contributed by atoms with Crippen molar-refractivity contribution in [3.05, 3.63) is 0 Å². The van der Waals surface area contributed by atoms with E-state index in [2.05, 4.69) is 16.6 Å². The standard InChI is InChI=1S/C12H15N3O5/c1-2-12(8(16)4-3-7(13)11(12)20)15-5-9(17)14-6-10(18)19/h1,7,15H,3-6,13H2,(H,14,17)(H,18,19). The van der Waals surface area contributed by atoms with E-state index in [-0.39, 0.29) is 12.8 Å². The number of terminal acetylenes is 1. The Morgan fingerprint density at radius 2 is 2.10 bits per heavy atom. The van der Waals surface area contributed by atoms with Gasteiger partial charge in [0.25, 0.3) is 0 Å². The van der Waals surface area contributed by atoms with Crippen molar-refractivity contribution in [2.45, 2.75) is 24.4 Å². The molecule has 0 bridgehead atoms. The molecule has 8 heteroatoms. The Labute approximate surface area is 115 Å². The maximum absolute atomic E-state index is 12.0. The number of rotatable bonds is 5. The van der Waals surface area contributed by atoms with Crippen LogP contribution < -0.4 is 16.4 Å². The predicted octanol–water partition coefficient (Wildman–Crippen LogP) is -2.59. The monoisotopic (exact) mass is 281 g/mol. The number of nitrogens with two attached hydrogens (primary N) is 1. The van der Waals surface area contributed by atoms with Gasteiger partial charge in [-0.3, -0.25) is 24.5 Å². The first-order valence-electron chi connectivity index (χ1n) is 5.88. The third-order valence-electron chi connectivity index (χ3n) is 2.97. The fourth-order valence-electron chi connectivity index (χ4n) is 1.86. The number of amides is 1. The van der Waals surface area contributed by atoms with Gasteiger partial charge in [0, 0.05) is 6.42 Å². The number of carboxylic acid groups (broad SMARTS) is 1. The molecule has 5 N–H and O–H groups in total. The van der Waals surface area contributed by atoms with Gasteiger partial charge in [-0.25, -0.2) is 0 Å². The van der Waals surface area contributed by atoms with Crippen LogP contribution in [0.5, 0.6) is 0 Å². The number of Topliss-reactive ketones (excluding diaryl/α,β-unsaturated/α-hetero) is 2. The molecule has 0 aromatic heterocycles. The Morgan fingerprint density at radius 1 is 1.45 bits per heavy atom. The average Bonchev–Trinajstić information content (AvgIpc) is 2.41. The number of carbonyl (C=O) groups is 4. The van der Waals surface area contributed by atoms with Gasteiger partial charge in [0.05, 0.1) is 12.6 Å². The van der Waals surface area contributed by atoms with Gasteiger partial charge < -0.3 is 16.2 Å². The molecule has 1 aliphatic rings. The van der Waals surface area contributed by atoms with E-state index < -0.39 is 48.1 Å². The number of hydrogen-bond acceptors (Lipinski definition) is 6. The maximum Gasteiger partial charge on any atom is 0.322 e. The molecule has 1 fully saturated rings. The van der Waals surface area contributed by atoms with Crippen molar-refractivity contribution in [3.8, 4) is 12.3 Å². The summed E-state index contributed by atoms with van der Waals surface area (Å²) in [4.78, 5) is 45.5. The number of ketones is 2. The highest BCUT2D eigenvalue weighted by Gasteiger charge is 2.49. The zero-order valence-corrected chi connectivity index (χ0v) is 10.6. The first kappa shape index (κ1) is 15.8. The van der Waals surface area contributed by atoms with Gasteiger partial charge in [-0.2, -0.15) is 0 Å². The molecule has 20 heavy (non-hydrogen) atoms. The Bertz CT molecular complexity index is 496. The molecule has 0 radical (unpaired) electrons. The molecular formula is C12H15N3O5. The molecule has 8 nitrogen and oxygen atoms in total. The lowest BCUT2D eigenvalue weighted by molar-refractivity contribution is -0.139. The second-order valence-electron chi connectivity index (χ2n) is 4.35. The molecule has 1 saturated carbocycles. The Morgan fingerprint density at radius 3 is 2.65 bits per heavy atom. The van der Waals surface area contributed by atoms with Crippen LogP contribution in [-0.2, 0) is 19.2 Å². The molecule has 2 unspecified atom stereocenters. The average molecular weight is 281 g/mol. The van der Waals surface area contributed by atoms with Gasteiger partial charge in [0.1, 0.15) is 6.54 Å². The van der Waals surface area contributed by atoms with E-state index in [1.807, 2.05) is 0 Å². The molecule has 0 saturated heterocycles. The third kappa shape index (κ3) is 3.20. The Kier molecular flexibility index (Phi) is 4.96. The number of carbonyl (C=O) groups excluding carboxylic acids is 3. The SMILES string of the molecule is C#CC1(NCC(=O)NCC(=O)O)C(=O)CCC(N)C1=O. The number of carboxylic acids is 1. The van der Waals surface area contributed by atoms with Crippen LogP contribution in [0.2, 0.25) is 0 Å². The van der Waals surface area contributed by atoms with Crippen LogP contribution in [0.1, 0.15) is 12.8 Å². The van der Waals surface area contributed by atoms with Crippen molar-refractivity contribution in [1.82, 2.24) is 10.6 Å². The van der Waals surface area contributed by atoms with Crippen LogP contribution in [0.15, 0.2) is 0 Å². The topological polar surface area (TPSA) is 139 Å². The minimum atomic E-state index is -1.90. The number of nitrogens with one attached hydrogen (secondary N) is 2. The fourth-order valence-corrected chi connectivity index (χ4v) is 1.86. The summed E-state index contributed by atoms with van der Waals surface area (Å²) in [6.45, 7) is -1.02. The third-order valence-corrected chi connectivity index (χ3v) is 2.97. The van der Waals surface area contributed by atoms with Crippen LogP contribution >= 0.6 is 0 Å². The highest BCUT2D eigenvalue weighted by molar-refractivity contribution is 6.18. The maximum atomic E-state index is 12.0. The quantitative estimate of drug-likeness (QED) is 0.320. The van der Waals surface area contributed by atoms with Crippen molar-refractivity contribution >= 4 is 23.4 Å². The minimum Gasteiger partial charge on any atom is -0.480 e. The molecule has 1 amide bonds. The largest absolute Gasteiger partial charge is 0.480 e. The second kappa shape index (κ2) is 6.27. The van der Waals surface area contributed by atoms with Crippen molar-refractivity contribution in [2.24, 2.45) is 5.73 Å². The number of aliphatic carboxylic acids is 1. The molecule has 108 valence electrons. The lowest BCUT2D eigenvalue weighted by atomic mass is 9.77. The summed E-state index contributed by atoms with van der Waals surface area (Å²) >= 11 is 0. The van der Waals surface area contributed by atoms with E-state index in [9.17, 15) is 19.2 Å². The first-order valence-corrected chi connectivity index (χ1v) is 5.88. The van der Waals surface area contributed by atoms with Crippen LogP contribution in [0.3, 0.4) is 0 Å². The molecule has 0 aliphatic heterocycles. The summed E-state index contributed by atoms with van der Waals surface area (Å²) in [6, 6.07) is -0.863. The van der Waals surface area contributed by atoms with E-state index in [4.69, 9.17) is 17.3 Å². The zero-order chi connectivity index (χ0) is 15.3. The molecule has 0 heterocycles. The zero-order valence-electron chi connectivity index (χ0n) is 10.6. The van der Waals surface area contributed by atoms with Crippen molar-refractivity contribution in [2.75, 3.05) is 13.1 Å². The predicted molar refractivity (Wildman–Crippen MR) is 67.4 cm³/mol. The van der Waals surface area contributed by atoms with Gasteiger partial charge >= 0.3 is 5.97 Å². The normalized spacial score (nSPS) is 25.9. The first-order chi connectivity index (χ1) is 9.33. The highest BCUT2D eigenvalue weighted by Crippen LogP contribution is 2.20. The molecule has 1 aliphatic carbocycles. The van der Waals surface area contributed by atoms with Crippen LogP contribution in [-0.4, -0.2) is 53.2 Å². The van der Waals surface area contributed by atoms with Gasteiger partial charge in [-0.1, -0.05) is 5.92 Å². The van der Waals surface area contributed by atoms with E-state index in [0.29, 0.717) is 0 Å². The summed E-state index contributed by atoms with van der Waals surface area (Å²) in [6.07, 6.45) is 5.51. The van der Waals surface area contributed by atoms with Crippen LogP contribution in [0.25, 0.3) is 0 Å². The second-order valence-corrected chi connectivity index (χ2v) is 4.35. The van der Waals surface area contributed by atoms with Gasteiger partial charge in [-0.05, 0) is 6.42 Å². The summed E-state index contributed by atoms with van der Waals surface area (Å²) in [5, 5.41) is 12.9. The lowest BCUT2D eigenvalue weighted by Crippen LogP contribution is -2.65. The van der Waals surface area contributed by atoms with E-state index in [1.54, 1.807) is 0 Å². The van der Waals surface area contributed by atoms with Crippen molar-refractivity contribution < 1.29 is 24.3 Å². The van der Waals surface area contributed by atoms with E-state index >= 15 is 0 Å². The summed E-state index contributed by atoms with van der Waals surface area (Å²) in [7, 11) is 0. The van der Waals surface area contributed by atoms with Crippen molar-refractivity contribution in [3.63, 3.8) is 0 Å². The van der Waals surface area contributed by atoms with Crippen LogP contribution in [0, 0.1) is 12.3 Å². The molecule has 0 aromatic carbocycles. The van der Waals surface area contributed by atoms with Gasteiger partial charge in [-0.15, -0.1) is 6.42 Å². The minimum absolute atomic E-state index is 0.0425. The van der Waals surface area contributed by atoms with E-state index in [1.165, 1.54) is 0 Å². The van der Waals surface area contributed by atoms with Gasteiger partial charge in [0.15, 0.2) is 17.1 Å².